The Bertz CT molecular complexity index is 1310. The van der Waals surface area contributed by atoms with Crippen LogP contribution in [-0.2, 0) is 0 Å². The molecular weight excluding hydrogens is 516 g/mol. The molecule has 4 aromatic rings. The first-order chi connectivity index (χ1) is 16.7. The zero-order chi connectivity index (χ0) is 23.1. The lowest BCUT2D eigenvalue weighted by Crippen LogP contribution is -2.39. The first kappa shape index (κ1) is 21.2. The number of amides is 1. The summed E-state index contributed by atoms with van der Waals surface area (Å²) < 4.78 is 0.955. The van der Waals surface area contributed by atoms with Gasteiger partial charge in [0.05, 0.1) is 44.3 Å². The SMILES string of the molecule is O=C(NC1CCC(N2c3cc(-n4nccn4)ncc3NC2c2ccccn2)C1)c1ccc(Br)s1. The number of halogens is 1. The highest BCUT2D eigenvalue weighted by atomic mass is 79.9. The summed E-state index contributed by atoms with van der Waals surface area (Å²) >= 11 is 4.88. The zero-order valence-electron chi connectivity index (χ0n) is 18.0. The third kappa shape index (κ3) is 3.94. The number of hydrogen-bond donors (Lipinski definition) is 2. The fourth-order valence-electron chi connectivity index (χ4n) is 4.75. The van der Waals surface area contributed by atoms with Crippen molar-refractivity contribution in [1.29, 1.82) is 0 Å². The van der Waals surface area contributed by atoms with E-state index in [9.17, 15) is 4.79 Å². The van der Waals surface area contributed by atoms with E-state index in [1.165, 1.54) is 16.1 Å². The Morgan fingerprint density at radius 1 is 1.12 bits per heavy atom. The Morgan fingerprint density at radius 2 is 2.00 bits per heavy atom. The molecular formula is C23H21BrN8OS. The van der Waals surface area contributed by atoms with Crippen molar-refractivity contribution in [2.45, 2.75) is 37.5 Å². The van der Waals surface area contributed by atoms with Crippen LogP contribution in [0, 0.1) is 0 Å². The smallest absolute Gasteiger partial charge is 0.261 e. The van der Waals surface area contributed by atoms with Gasteiger partial charge in [-0.25, -0.2) is 4.98 Å². The molecule has 3 unspecified atom stereocenters. The van der Waals surface area contributed by atoms with Crippen LogP contribution in [0.15, 0.2) is 65.0 Å². The van der Waals surface area contributed by atoms with Gasteiger partial charge in [-0.1, -0.05) is 6.07 Å². The van der Waals surface area contributed by atoms with Gasteiger partial charge in [0.1, 0.15) is 6.17 Å². The molecule has 4 aromatic heterocycles. The van der Waals surface area contributed by atoms with Crippen LogP contribution in [0.25, 0.3) is 5.82 Å². The van der Waals surface area contributed by atoms with E-state index in [1.54, 1.807) is 12.4 Å². The second kappa shape index (κ2) is 8.80. The lowest BCUT2D eigenvalue weighted by Gasteiger charge is -2.32. The fourth-order valence-corrected chi connectivity index (χ4v) is 6.04. The molecule has 2 aliphatic rings. The first-order valence-corrected chi connectivity index (χ1v) is 12.7. The number of aromatic nitrogens is 5. The Balaban J connectivity index is 1.28. The van der Waals surface area contributed by atoms with Crippen molar-refractivity contribution in [2.24, 2.45) is 0 Å². The Kier molecular flexibility index (Phi) is 5.50. The third-order valence-electron chi connectivity index (χ3n) is 6.24. The lowest BCUT2D eigenvalue weighted by molar-refractivity contribution is 0.0941. The summed E-state index contributed by atoms with van der Waals surface area (Å²) in [5, 5.41) is 15.3. The van der Waals surface area contributed by atoms with Crippen molar-refractivity contribution in [3.05, 3.63) is 75.5 Å². The summed E-state index contributed by atoms with van der Waals surface area (Å²) in [6.07, 6.45) is 9.52. The Morgan fingerprint density at radius 3 is 2.76 bits per heavy atom. The molecule has 9 nitrogen and oxygen atoms in total. The second-order valence-electron chi connectivity index (χ2n) is 8.33. The summed E-state index contributed by atoms with van der Waals surface area (Å²) in [6, 6.07) is 12.1. The molecule has 172 valence electrons. The number of fused-ring (bicyclic) bond motifs is 1. The molecule has 0 spiro atoms. The number of carbonyl (C=O) groups is 1. The molecule has 6 rings (SSSR count). The van der Waals surface area contributed by atoms with Gasteiger partial charge < -0.3 is 15.5 Å². The van der Waals surface area contributed by atoms with Crippen molar-refractivity contribution in [3.8, 4) is 5.82 Å². The van der Waals surface area contributed by atoms with Gasteiger partial charge in [0.2, 0.25) is 0 Å². The molecule has 0 radical (unpaired) electrons. The lowest BCUT2D eigenvalue weighted by atomic mass is 10.1. The van der Waals surface area contributed by atoms with Crippen molar-refractivity contribution in [2.75, 3.05) is 10.2 Å². The Hall–Kier alpha value is -3.31. The summed E-state index contributed by atoms with van der Waals surface area (Å²) in [5.41, 5.74) is 2.92. The maximum atomic E-state index is 12.7. The molecule has 11 heteroatoms. The summed E-state index contributed by atoms with van der Waals surface area (Å²) in [4.78, 5) is 26.5. The average molecular weight is 537 g/mol. The second-order valence-corrected chi connectivity index (χ2v) is 10.8. The summed E-state index contributed by atoms with van der Waals surface area (Å²) in [5.74, 6) is 0.641. The first-order valence-electron chi connectivity index (χ1n) is 11.0. The maximum absolute atomic E-state index is 12.7. The number of thiophene rings is 1. The number of nitrogens with one attached hydrogen (secondary N) is 2. The summed E-state index contributed by atoms with van der Waals surface area (Å²) in [7, 11) is 0. The normalized spacial score (nSPS) is 21.3. The van der Waals surface area contributed by atoms with E-state index in [2.05, 4.69) is 51.6 Å². The maximum Gasteiger partial charge on any atom is 0.261 e. The molecule has 1 aliphatic heterocycles. The predicted molar refractivity (Wildman–Crippen MR) is 133 cm³/mol. The van der Waals surface area contributed by atoms with Crippen molar-refractivity contribution in [3.63, 3.8) is 0 Å². The van der Waals surface area contributed by atoms with Crippen LogP contribution in [0.4, 0.5) is 11.4 Å². The largest absolute Gasteiger partial charge is 0.357 e. The average Bonchev–Trinajstić information content (AvgIpc) is 3.65. The van der Waals surface area contributed by atoms with E-state index in [4.69, 9.17) is 0 Å². The molecule has 1 aliphatic carbocycles. The van der Waals surface area contributed by atoms with E-state index in [0.717, 1.165) is 45.0 Å². The molecule has 0 aromatic carbocycles. The van der Waals surface area contributed by atoms with Crippen LogP contribution in [0.1, 0.15) is 40.8 Å². The molecule has 0 saturated heterocycles. The van der Waals surface area contributed by atoms with Crippen LogP contribution >= 0.6 is 27.3 Å². The minimum atomic E-state index is -0.119. The van der Waals surface area contributed by atoms with Gasteiger partial charge >= 0.3 is 0 Å². The van der Waals surface area contributed by atoms with E-state index < -0.39 is 0 Å². The Labute approximate surface area is 208 Å². The molecule has 1 fully saturated rings. The topological polar surface area (TPSA) is 101 Å². The molecule has 3 atom stereocenters. The van der Waals surface area contributed by atoms with Crippen LogP contribution in [0.2, 0.25) is 0 Å². The minimum Gasteiger partial charge on any atom is -0.357 e. The van der Waals surface area contributed by atoms with Gasteiger partial charge in [0, 0.05) is 24.3 Å². The number of rotatable bonds is 5. The molecule has 1 saturated carbocycles. The van der Waals surface area contributed by atoms with Gasteiger partial charge in [-0.3, -0.25) is 9.78 Å². The van der Waals surface area contributed by atoms with Crippen LogP contribution in [0.3, 0.4) is 0 Å². The van der Waals surface area contributed by atoms with Gasteiger partial charge in [-0.2, -0.15) is 10.2 Å². The van der Waals surface area contributed by atoms with E-state index >= 15 is 0 Å². The highest BCUT2D eigenvalue weighted by Gasteiger charge is 2.40. The van der Waals surface area contributed by atoms with Gasteiger partial charge in [0.25, 0.3) is 5.91 Å². The minimum absolute atomic E-state index is 0.0150. The molecule has 0 bridgehead atoms. The van der Waals surface area contributed by atoms with Gasteiger partial charge in [0.15, 0.2) is 5.82 Å². The van der Waals surface area contributed by atoms with Crippen molar-refractivity contribution >= 4 is 44.5 Å². The number of hydrogen-bond acceptors (Lipinski definition) is 8. The predicted octanol–water partition coefficient (Wildman–Crippen LogP) is 4.16. The number of pyridine rings is 2. The molecule has 5 heterocycles. The zero-order valence-corrected chi connectivity index (χ0v) is 20.4. The summed E-state index contributed by atoms with van der Waals surface area (Å²) in [6.45, 7) is 0. The van der Waals surface area contributed by atoms with Crippen LogP contribution in [0.5, 0.6) is 0 Å². The van der Waals surface area contributed by atoms with Crippen LogP contribution in [-0.4, -0.2) is 43.0 Å². The van der Waals surface area contributed by atoms with Gasteiger partial charge in [-0.05, 0) is 59.5 Å². The quantitative estimate of drug-likeness (QED) is 0.394. The number of nitrogens with zero attached hydrogens (tertiary/aromatic N) is 6. The molecule has 2 N–H and O–H groups in total. The van der Waals surface area contributed by atoms with Crippen molar-refractivity contribution in [1.82, 2.24) is 30.3 Å². The molecule has 34 heavy (non-hydrogen) atoms. The monoisotopic (exact) mass is 536 g/mol. The third-order valence-corrected chi connectivity index (χ3v) is 7.86. The van der Waals surface area contributed by atoms with Gasteiger partial charge in [-0.15, -0.1) is 16.1 Å². The van der Waals surface area contributed by atoms with Crippen LogP contribution < -0.4 is 15.5 Å². The van der Waals surface area contributed by atoms with E-state index in [0.29, 0.717) is 5.82 Å². The highest BCUT2D eigenvalue weighted by Crippen LogP contribution is 2.45. The molecule has 1 amide bonds. The standard InChI is InChI=1S/C23H21BrN8OS/c24-20-7-6-19(34-20)23(33)29-14-4-5-15(11-14)31-18-12-21(32-27-9-10-28-32)26-13-17(18)30-22(31)16-3-1-2-8-25-16/h1-3,6-10,12-15,22,30H,4-5,11H2,(H,29,33). The van der Waals surface area contributed by atoms with Crippen molar-refractivity contribution < 1.29 is 4.79 Å². The number of anilines is 2. The van der Waals surface area contributed by atoms with E-state index in [-0.39, 0.29) is 24.2 Å². The fraction of sp³-hybridized carbons (Fsp3) is 0.261. The van der Waals surface area contributed by atoms with E-state index in [1.807, 2.05) is 48.8 Å². The highest BCUT2D eigenvalue weighted by molar-refractivity contribution is 9.11. The number of carbonyl (C=O) groups excluding carboxylic acids is 1.